The Kier molecular flexibility index (Phi) is 5.48. The van der Waals surface area contributed by atoms with E-state index in [0.29, 0.717) is 40.7 Å². The third kappa shape index (κ3) is 3.97. The van der Waals surface area contributed by atoms with Gasteiger partial charge in [0, 0.05) is 5.56 Å². The average Bonchev–Trinajstić information content (AvgIpc) is 3.58. The largest absolute Gasteiger partial charge is 0.494 e. The molecule has 0 aliphatic carbocycles. The van der Waals surface area contributed by atoms with E-state index in [1.165, 1.54) is 10.9 Å². The normalized spacial score (nSPS) is 12.3. The lowest BCUT2D eigenvalue weighted by Crippen LogP contribution is -2.19. The van der Waals surface area contributed by atoms with Crippen molar-refractivity contribution in [2.24, 2.45) is 5.10 Å². The van der Waals surface area contributed by atoms with Gasteiger partial charge >= 0.3 is 0 Å². The lowest BCUT2D eigenvalue weighted by molar-refractivity contribution is 0.0950. The number of nitrogens with two attached hydrogens (primary N) is 1. The molecule has 172 valence electrons. The van der Waals surface area contributed by atoms with Crippen molar-refractivity contribution in [1.29, 1.82) is 0 Å². The Morgan fingerprint density at radius 1 is 1.21 bits per heavy atom. The van der Waals surface area contributed by atoms with Crippen LogP contribution in [0, 0.1) is 0 Å². The van der Waals surface area contributed by atoms with Crippen molar-refractivity contribution in [2.75, 3.05) is 19.1 Å². The number of fused-ring (bicyclic) bond motifs is 1. The fourth-order valence-corrected chi connectivity index (χ4v) is 3.27. The highest BCUT2D eigenvalue weighted by molar-refractivity contribution is 5.98. The van der Waals surface area contributed by atoms with E-state index in [9.17, 15) is 4.79 Å². The molecule has 0 spiro atoms. The summed E-state index contributed by atoms with van der Waals surface area (Å²) in [4.78, 5) is 13.0. The maximum Gasteiger partial charge on any atom is 0.294 e. The number of anilines is 1. The van der Waals surface area contributed by atoms with Gasteiger partial charge in [0.05, 0.1) is 12.8 Å². The molecule has 0 unspecified atom stereocenters. The summed E-state index contributed by atoms with van der Waals surface area (Å²) in [6.45, 7) is 2.58. The minimum Gasteiger partial charge on any atom is -0.494 e. The average molecular weight is 462 g/mol. The standard InChI is InChI=1S/C21H18N8O5/c1-2-31-14-6-4-13(5-7-14)18-17(24-28-29(18)20-19(22)26-34-27-20)21(30)25-23-10-12-3-8-15-16(9-12)33-11-32-15/h3-10H,2,11H2,1H3,(H2,22,26)(H,25,30). The molecular formula is C21H18N8O5. The number of nitrogens with zero attached hydrogens (tertiary/aromatic N) is 6. The number of amides is 1. The summed E-state index contributed by atoms with van der Waals surface area (Å²) < 4.78 is 22.1. The summed E-state index contributed by atoms with van der Waals surface area (Å²) in [5.74, 6) is 1.42. The smallest absolute Gasteiger partial charge is 0.294 e. The van der Waals surface area contributed by atoms with E-state index in [4.69, 9.17) is 19.9 Å². The highest BCUT2D eigenvalue weighted by atomic mass is 16.7. The highest BCUT2D eigenvalue weighted by Gasteiger charge is 2.25. The molecule has 3 N–H and O–H groups in total. The Bertz CT molecular complexity index is 1360. The quantitative estimate of drug-likeness (QED) is 0.305. The van der Waals surface area contributed by atoms with Gasteiger partial charge in [-0.2, -0.15) is 9.78 Å². The van der Waals surface area contributed by atoms with Gasteiger partial charge in [0.15, 0.2) is 17.2 Å². The third-order valence-electron chi connectivity index (χ3n) is 4.80. The van der Waals surface area contributed by atoms with Crippen LogP contribution in [0.25, 0.3) is 17.1 Å². The van der Waals surface area contributed by atoms with Crippen LogP contribution in [0.2, 0.25) is 0 Å². The molecule has 5 rings (SSSR count). The molecule has 13 nitrogen and oxygen atoms in total. The van der Waals surface area contributed by atoms with Crippen LogP contribution in [0.3, 0.4) is 0 Å². The molecule has 0 saturated carbocycles. The first kappa shape index (κ1) is 20.9. The van der Waals surface area contributed by atoms with Crippen LogP contribution in [0.4, 0.5) is 5.82 Å². The number of aromatic nitrogens is 5. The summed E-state index contributed by atoms with van der Waals surface area (Å²) in [7, 11) is 0. The van der Waals surface area contributed by atoms with Gasteiger partial charge in [-0.1, -0.05) is 5.21 Å². The summed E-state index contributed by atoms with van der Waals surface area (Å²) in [5.41, 5.74) is 9.93. The second-order valence-corrected chi connectivity index (χ2v) is 6.94. The Hall–Kier alpha value is -4.94. The van der Waals surface area contributed by atoms with Crippen molar-refractivity contribution in [3.63, 3.8) is 0 Å². The third-order valence-corrected chi connectivity index (χ3v) is 4.80. The second-order valence-electron chi connectivity index (χ2n) is 6.94. The topological polar surface area (TPSA) is 165 Å². The van der Waals surface area contributed by atoms with Crippen LogP contribution < -0.4 is 25.4 Å². The van der Waals surface area contributed by atoms with Gasteiger partial charge in [-0.15, -0.1) is 5.10 Å². The van der Waals surface area contributed by atoms with E-state index < -0.39 is 5.91 Å². The SMILES string of the molecule is CCOc1ccc(-c2c(C(=O)NN=Cc3ccc4c(c3)OCO4)nnn2-c2nonc2N)cc1. The molecule has 0 atom stereocenters. The van der Waals surface area contributed by atoms with E-state index in [-0.39, 0.29) is 24.1 Å². The zero-order chi connectivity index (χ0) is 23.5. The van der Waals surface area contributed by atoms with Crippen molar-refractivity contribution in [3.8, 4) is 34.3 Å². The first-order valence-corrected chi connectivity index (χ1v) is 10.1. The van der Waals surface area contributed by atoms with Crippen LogP contribution in [-0.4, -0.2) is 50.8 Å². The van der Waals surface area contributed by atoms with Gasteiger partial charge in [-0.05, 0) is 65.3 Å². The second kappa shape index (κ2) is 8.90. The van der Waals surface area contributed by atoms with Crippen molar-refractivity contribution >= 4 is 17.9 Å². The molecule has 1 aliphatic heterocycles. The molecule has 1 aliphatic rings. The van der Waals surface area contributed by atoms with Crippen LogP contribution in [-0.2, 0) is 0 Å². The molecule has 2 aromatic carbocycles. The molecule has 3 heterocycles. The molecule has 13 heteroatoms. The molecule has 0 fully saturated rings. The van der Waals surface area contributed by atoms with Crippen molar-refractivity contribution in [1.82, 2.24) is 30.7 Å². The van der Waals surface area contributed by atoms with Crippen LogP contribution in [0.15, 0.2) is 52.2 Å². The van der Waals surface area contributed by atoms with Gasteiger partial charge in [-0.3, -0.25) is 4.79 Å². The van der Waals surface area contributed by atoms with Gasteiger partial charge in [0.25, 0.3) is 5.91 Å². The molecule has 0 saturated heterocycles. The lowest BCUT2D eigenvalue weighted by Gasteiger charge is -2.07. The predicted octanol–water partition coefficient (Wildman–Crippen LogP) is 1.79. The van der Waals surface area contributed by atoms with Crippen LogP contribution in [0.5, 0.6) is 17.2 Å². The molecule has 0 bridgehead atoms. The van der Waals surface area contributed by atoms with Crippen LogP contribution in [0.1, 0.15) is 23.0 Å². The Morgan fingerprint density at radius 2 is 2.03 bits per heavy atom. The summed E-state index contributed by atoms with van der Waals surface area (Å²) in [6.07, 6.45) is 1.47. The zero-order valence-corrected chi connectivity index (χ0v) is 17.8. The molecule has 34 heavy (non-hydrogen) atoms. The first-order valence-electron chi connectivity index (χ1n) is 10.1. The van der Waals surface area contributed by atoms with E-state index in [0.717, 1.165) is 0 Å². The number of benzene rings is 2. The van der Waals surface area contributed by atoms with Gasteiger partial charge in [-0.25, -0.2) is 10.1 Å². The van der Waals surface area contributed by atoms with Crippen molar-refractivity contribution < 1.29 is 23.6 Å². The predicted molar refractivity (Wildman–Crippen MR) is 118 cm³/mol. The number of hydrazone groups is 1. The molecule has 1 amide bonds. The van der Waals surface area contributed by atoms with Crippen LogP contribution >= 0.6 is 0 Å². The Labute approximate surface area is 192 Å². The number of nitrogen functional groups attached to an aromatic ring is 1. The number of nitrogens with one attached hydrogen (secondary N) is 1. The minimum absolute atomic E-state index is 0.00519. The van der Waals surface area contributed by atoms with Crippen molar-refractivity contribution in [3.05, 3.63) is 53.7 Å². The molecule has 4 aromatic rings. The maximum absolute atomic E-state index is 13.0. The van der Waals surface area contributed by atoms with E-state index in [2.05, 4.69) is 35.8 Å². The number of carbonyl (C=O) groups excluding carboxylic acids is 1. The molecule has 2 aromatic heterocycles. The monoisotopic (exact) mass is 462 g/mol. The molecule has 0 radical (unpaired) electrons. The first-order chi connectivity index (χ1) is 16.6. The van der Waals surface area contributed by atoms with E-state index in [1.807, 2.05) is 6.92 Å². The summed E-state index contributed by atoms with van der Waals surface area (Å²) in [5, 5.41) is 19.4. The molecular weight excluding hydrogens is 444 g/mol. The fourth-order valence-electron chi connectivity index (χ4n) is 3.27. The van der Waals surface area contributed by atoms with Gasteiger partial charge in [0.2, 0.25) is 18.4 Å². The number of hydrogen-bond acceptors (Lipinski definition) is 11. The zero-order valence-electron chi connectivity index (χ0n) is 17.8. The number of hydrogen-bond donors (Lipinski definition) is 2. The number of carbonyl (C=O) groups is 1. The van der Waals surface area contributed by atoms with E-state index >= 15 is 0 Å². The minimum atomic E-state index is -0.595. The van der Waals surface area contributed by atoms with Gasteiger partial charge in [0.1, 0.15) is 11.4 Å². The fraction of sp³-hybridized carbons (Fsp3) is 0.143. The summed E-state index contributed by atoms with van der Waals surface area (Å²) in [6, 6.07) is 12.3. The number of rotatable bonds is 7. The number of ether oxygens (including phenoxy) is 3. The maximum atomic E-state index is 13.0. The lowest BCUT2D eigenvalue weighted by atomic mass is 10.1. The van der Waals surface area contributed by atoms with Gasteiger partial charge < -0.3 is 19.9 Å². The van der Waals surface area contributed by atoms with E-state index in [1.54, 1.807) is 42.5 Å². The Morgan fingerprint density at radius 3 is 2.79 bits per heavy atom. The van der Waals surface area contributed by atoms with Crippen molar-refractivity contribution in [2.45, 2.75) is 6.92 Å². The highest BCUT2D eigenvalue weighted by Crippen LogP contribution is 2.32. The Balaban J connectivity index is 1.44. The summed E-state index contributed by atoms with van der Waals surface area (Å²) >= 11 is 0.